The number of furan rings is 1. The summed E-state index contributed by atoms with van der Waals surface area (Å²) >= 11 is 0. The highest BCUT2D eigenvalue weighted by atomic mass is 16.3. The lowest BCUT2D eigenvalue weighted by molar-refractivity contribution is -0.126. The summed E-state index contributed by atoms with van der Waals surface area (Å²) in [7, 11) is 0. The first kappa shape index (κ1) is 13.6. The number of nitrogens with zero attached hydrogens (tertiary/aromatic N) is 1. The minimum Gasteiger partial charge on any atom is -0.467 e. The Morgan fingerprint density at radius 1 is 1.55 bits per heavy atom. The van der Waals surface area contributed by atoms with E-state index < -0.39 is 0 Å². The van der Waals surface area contributed by atoms with E-state index in [-0.39, 0.29) is 18.1 Å². The molecule has 2 heterocycles. The standard InChI is InChI=1S/C15H22N2O3/c1-10(15(19)16-7-12-3-2-6-20-12)17-8-11-4-5-14(18)13(11)9-17/h2-3,6,10-11,13-14,18H,4-5,7-9H2,1H3,(H,16,19). The van der Waals surface area contributed by atoms with Crippen LogP contribution in [-0.4, -0.2) is 41.1 Å². The van der Waals surface area contributed by atoms with Crippen LogP contribution in [0, 0.1) is 11.8 Å². The molecule has 3 rings (SSSR count). The van der Waals surface area contributed by atoms with Gasteiger partial charge in [0.25, 0.3) is 0 Å². The summed E-state index contributed by atoms with van der Waals surface area (Å²) in [5.74, 6) is 1.70. The quantitative estimate of drug-likeness (QED) is 0.862. The highest BCUT2D eigenvalue weighted by molar-refractivity contribution is 5.81. The molecule has 0 spiro atoms. The second kappa shape index (κ2) is 5.58. The molecule has 1 saturated heterocycles. The highest BCUT2D eigenvalue weighted by Gasteiger charge is 2.43. The van der Waals surface area contributed by atoms with Gasteiger partial charge in [0.05, 0.1) is 25.0 Å². The van der Waals surface area contributed by atoms with Crippen molar-refractivity contribution in [3.63, 3.8) is 0 Å². The van der Waals surface area contributed by atoms with E-state index in [0.717, 1.165) is 31.7 Å². The third-order valence-corrected chi connectivity index (χ3v) is 4.79. The smallest absolute Gasteiger partial charge is 0.237 e. The van der Waals surface area contributed by atoms with E-state index in [1.165, 1.54) is 0 Å². The zero-order valence-electron chi connectivity index (χ0n) is 11.8. The molecule has 2 aliphatic rings. The van der Waals surface area contributed by atoms with Crippen LogP contribution in [0.25, 0.3) is 0 Å². The Hall–Kier alpha value is -1.33. The number of aliphatic hydroxyl groups excluding tert-OH is 1. The Kier molecular flexibility index (Phi) is 3.81. The van der Waals surface area contributed by atoms with E-state index in [0.29, 0.717) is 18.4 Å². The molecule has 0 aromatic carbocycles. The van der Waals surface area contributed by atoms with Gasteiger partial charge in [-0.25, -0.2) is 0 Å². The molecule has 20 heavy (non-hydrogen) atoms. The van der Waals surface area contributed by atoms with Crippen LogP contribution in [-0.2, 0) is 11.3 Å². The first-order valence-electron chi connectivity index (χ1n) is 7.37. The molecule has 4 atom stereocenters. The molecule has 1 aliphatic heterocycles. The van der Waals surface area contributed by atoms with Crippen LogP contribution >= 0.6 is 0 Å². The third kappa shape index (κ3) is 2.60. The topological polar surface area (TPSA) is 65.7 Å². The summed E-state index contributed by atoms with van der Waals surface area (Å²) in [4.78, 5) is 14.4. The van der Waals surface area contributed by atoms with Gasteiger partial charge in [-0.3, -0.25) is 9.69 Å². The summed E-state index contributed by atoms with van der Waals surface area (Å²) in [5.41, 5.74) is 0. The van der Waals surface area contributed by atoms with Crippen LogP contribution in [0.2, 0.25) is 0 Å². The second-order valence-corrected chi connectivity index (χ2v) is 6.00. The lowest BCUT2D eigenvalue weighted by atomic mass is 10.00. The van der Waals surface area contributed by atoms with E-state index in [1.807, 2.05) is 19.1 Å². The second-order valence-electron chi connectivity index (χ2n) is 6.00. The minimum atomic E-state index is -0.177. The Bertz CT molecular complexity index is 460. The van der Waals surface area contributed by atoms with Crippen LogP contribution < -0.4 is 5.32 Å². The number of rotatable bonds is 4. The summed E-state index contributed by atoms with van der Waals surface area (Å²) in [6.45, 7) is 4.13. The lowest BCUT2D eigenvalue weighted by Gasteiger charge is -2.24. The first-order valence-corrected chi connectivity index (χ1v) is 7.37. The maximum absolute atomic E-state index is 12.2. The van der Waals surface area contributed by atoms with Crippen molar-refractivity contribution in [3.8, 4) is 0 Å². The van der Waals surface area contributed by atoms with E-state index in [4.69, 9.17) is 4.42 Å². The third-order valence-electron chi connectivity index (χ3n) is 4.79. The molecule has 4 unspecified atom stereocenters. The summed E-state index contributed by atoms with van der Waals surface area (Å²) in [6.07, 6.45) is 3.43. The molecule has 2 fully saturated rings. The van der Waals surface area contributed by atoms with Crippen molar-refractivity contribution in [2.75, 3.05) is 13.1 Å². The molecule has 5 nitrogen and oxygen atoms in total. The fraction of sp³-hybridized carbons (Fsp3) is 0.667. The van der Waals surface area contributed by atoms with Gasteiger partial charge in [-0.1, -0.05) is 0 Å². The van der Waals surface area contributed by atoms with Crippen molar-refractivity contribution in [1.82, 2.24) is 10.2 Å². The molecule has 110 valence electrons. The molecule has 5 heteroatoms. The van der Waals surface area contributed by atoms with Gasteiger partial charge >= 0.3 is 0 Å². The van der Waals surface area contributed by atoms with Gasteiger partial charge in [0.1, 0.15) is 5.76 Å². The van der Waals surface area contributed by atoms with Gasteiger partial charge in [0.15, 0.2) is 0 Å². The van der Waals surface area contributed by atoms with Gasteiger partial charge in [-0.2, -0.15) is 0 Å². The largest absolute Gasteiger partial charge is 0.467 e. The molecule has 0 bridgehead atoms. The van der Waals surface area contributed by atoms with Gasteiger partial charge in [0.2, 0.25) is 5.91 Å². The fourth-order valence-corrected chi connectivity index (χ4v) is 3.49. The number of likely N-dealkylation sites (tertiary alicyclic amines) is 1. The van der Waals surface area contributed by atoms with Gasteiger partial charge in [-0.15, -0.1) is 0 Å². The van der Waals surface area contributed by atoms with Gasteiger partial charge in [0, 0.05) is 19.0 Å². The molecule has 1 aromatic rings. The maximum atomic E-state index is 12.2. The van der Waals surface area contributed by atoms with E-state index in [9.17, 15) is 9.90 Å². The molecule has 1 saturated carbocycles. The predicted octanol–water partition coefficient (Wildman–Crippen LogP) is 0.987. The number of amides is 1. The summed E-state index contributed by atoms with van der Waals surface area (Å²) in [6, 6.07) is 3.51. The molecule has 0 radical (unpaired) electrons. The normalized spacial score (nSPS) is 31.2. The molecule has 1 amide bonds. The SMILES string of the molecule is CC(C(=O)NCc1ccco1)N1CC2CCC(O)C2C1. The number of hydrogen-bond acceptors (Lipinski definition) is 4. The fourth-order valence-electron chi connectivity index (χ4n) is 3.49. The Morgan fingerprint density at radius 2 is 2.40 bits per heavy atom. The predicted molar refractivity (Wildman–Crippen MR) is 73.8 cm³/mol. The average Bonchev–Trinajstić information content (AvgIpc) is 3.14. The zero-order valence-corrected chi connectivity index (χ0v) is 11.8. The Balaban J connectivity index is 1.51. The van der Waals surface area contributed by atoms with Crippen molar-refractivity contribution >= 4 is 5.91 Å². The first-order chi connectivity index (χ1) is 9.65. The average molecular weight is 278 g/mol. The number of carbonyl (C=O) groups excluding carboxylic acids is 1. The van der Waals surface area contributed by atoms with Crippen LogP contribution in [0.4, 0.5) is 0 Å². The zero-order chi connectivity index (χ0) is 14.1. The molecular weight excluding hydrogens is 256 g/mol. The van der Waals surface area contributed by atoms with Crippen molar-refractivity contribution < 1.29 is 14.3 Å². The number of aliphatic hydroxyl groups is 1. The monoisotopic (exact) mass is 278 g/mol. The van der Waals surface area contributed by atoms with E-state index >= 15 is 0 Å². The van der Waals surface area contributed by atoms with Crippen LogP contribution in [0.15, 0.2) is 22.8 Å². The van der Waals surface area contributed by atoms with Crippen molar-refractivity contribution in [3.05, 3.63) is 24.2 Å². The number of nitrogens with one attached hydrogen (secondary N) is 1. The molecule has 1 aromatic heterocycles. The Labute approximate surface area is 118 Å². The minimum absolute atomic E-state index is 0.0239. The van der Waals surface area contributed by atoms with Crippen LogP contribution in [0.5, 0.6) is 0 Å². The molecule has 1 aliphatic carbocycles. The highest BCUT2D eigenvalue weighted by Crippen LogP contribution is 2.38. The lowest BCUT2D eigenvalue weighted by Crippen LogP contribution is -2.44. The van der Waals surface area contributed by atoms with Crippen molar-refractivity contribution in [1.29, 1.82) is 0 Å². The van der Waals surface area contributed by atoms with Gasteiger partial charge < -0.3 is 14.8 Å². The number of fused-ring (bicyclic) bond motifs is 1. The summed E-state index contributed by atoms with van der Waals surface area (Å²) in [5, 5.41) is 12.8. The number of carbonyl (C=O) groups is 1. The van der Waals surface area contributed by atoms with Crippen molar-refractivity contribution in [2.45, 2.75) is 38.5 Å². The van der Waals surface area contributed by atoms with Gasteiger partial charge in [-0.05, 0) is 37.8 Å². The summed E-state index contributed by atoms with van der Waals surface area (Å²) < 4.78 is 5.20. The molecule has 2 N–H and O–H groups in total. The van der Waals surface area contributed by atoms with E-state index in [1.54, 1.807) is 6.26 Å². The number of hydrogen-bond donors (Lipinski definition) is 2. The van der Waals surface area contributed by atoms with E-state index in [2.05, 4.69) is 10.2 Å². The maximum Gasteiger partial charge on any atom is 0.237 e. The molecular formula is C15H22N2O3. The Morgan fingerprint density at radius 3 is 3.10 bits per heavy atom. The van der Waals surface area contributed by atoms with Crippen LogP contribution in [0.3, 0.4) is 0 Å². The van der Waals surface area contributed by atoms with Crippen LogP contribution in [0.1, 0.15) is 25.5 Å². The van der Waals surface area contributed by atoms with Crippen molar-refractivity contribution in [2.24, 2.45) is 11.8 Å².